The van der Waals surface area contributed by atoms with E-state index in [1.807, 2.05) is 0 Å². The predicted molar refractivity (Wildman–Crippen MR) is 55.6 cm³/mol. The van der Waals surface area contributed by atoms with Crippen molar-refractivity contribution in [2.24, 2.45) is 5.92 Å². The minimum atomic E-state index is 0.511. The highest BCUT2D eigenvalue weighted by molar-refractivity contribution is 5.05. The van der Waals surface area contributed by atoms with Crippen LogP contribution in [0.3, 0.4) is 0 Å². The Balaban J connectivity index is 1.75. The molecule has 0 N–H and O–H groups in total. The molecule has 1 aromatic rings. The Labute approximate surface area is 89.6 Å². The first-order valence-electron chi connectivity index (χ1n) is 5.91. The topological polar surface area (TPSA) is 42.2 Å². The molecule has 0 saturated carbocycles. The van der Waals surface area contributed by atoms with Crippen molar-refractivity contribution in [1.29, 1.82) is 0 Å². The Kier molecular flexibility index (Phi) is 2.24. The van der Waals surface area contributed by atoms with Gasteiger partial charge in [-0.3, -0.25) is 0 Å². The Morgan fingerprint density at radius 2 is 2.40 bits per heavy atom. The number of nitrogens with zero attached hydrogens (tertiary/aromatic N) is 3. The van der Waals surface area contributed by atoms with Crippen LogP contribution in [-0.2, 0) is 6.42 Å². The van der Waals surface area contributed by atoms with Gasteiger partial charge in [0.1, 0.15) is 0 Å². The zero-order chi connectivity index (χ0) is 10.3. The van der Waals surface area contributed by atoms with Crippen LogP contribution >= 0.6 is 0 Å². The lowest BCUT2D eigenvalue weighted by Crippen LogP contribution is -2.22. The molecule has 3 unspecified atom stereocenters. The third-order valence-corrected chi connectivity index (χ3v) is 3.61. The highest BCUT2D eigenvalue weighted by Gasteiger charge is 2.41. The largest absolute Gasteiger partial charge is 0.339 e. The Hall–Kier alpha value is -0.900. The van der Waals surface area contributed by atoms with Gasteiger partial charge in [0.25, 0.3) is 0 Å². The van der Waals surface area contributed by atoms with Crippen LogP contribution in [0.1, 0.15) is 37.4 Å². The number of piperidine rings is 1. The summed E-state index contributed by atoms with van der Waals surface area (Å²) in [6, 6.07) is 0. The van der Waals surface area contributed by atoms with E-state index in [1.54, 1.807) is 0 Å². The van der Waals surface area contributed by atoms with E-state index in [-0.39, 0.29) is 0 Å². The molecule has 3 atom stereocenters. The van der Waals surface area contributed by atoms with E-state index in [2.05, 4.69) is 22.0 Å². The summed E-state index contributed by atoms with van der Waals surface area (Å²) < 4.78 is 5.37. The van der Waals surface area contributed by atoms with Gasteiger partial charge in [0.2, 0.25) is 5.89 Å². The molecular formula is C11H17N3O. The fraction of sp³-hybridized carbons (Fsp3) is 0.818. The first kappa shape index (κ1) is 9.33. The van der Waals surface area contributed by atoms with Crippen molar-refractivity contribution in [3.8, 4) is 0 Å². The lowest BCUT2D eigenvalue weighted by Gasteiger charge is -2.17. The number of hydrogen-bond acceptors (Lipinski definition) is 4. The third kappa shape index (κ3) is 1.57. The Morgan fingerprint density at radius 3 is 3.07 bits per heavy atom. The average Bonchev–Trinajstić information content (AvgIpc) is 2.91. The zero-order valence-corrected chi connectivity index (χ0v) is 9.15. The number of fused-ring (bicyclic) bond motifs is 2. The second-order valence-corrected chi connectivity index (χ2v) is 4.71. The highest BCUT2D eigenvalue weighted by atomic mass is 16.5. The van der Waals surface area contributed by atoms with E-state index >= 15 is 0 Å². The minimum absolute atomic E-state index is 0.511. The maximum Gasteiger partial charge on any atom is 0.231 e. The van der Waals surface area contributed by atoms with Crippen LogP contribution in [0.15, 0.2) is 4.52 Å². The van der Waals surface area contributed by atoms with Gasteiger partial charge >= 0.3 is 0 Å². The molecule has 2 bridgehead atoms. The van der Waals surface area contributed by atoms with Gasteiger partial charge in [-0.25, -0.2) is 0 Å². The molecule has 0 amide bonds. The van der Waals surface area contributed by atoms with Gasteiger partial charge < -0.3 is 9.42 Å². The molecule has 3 rings (SSSR count). The van der Waals surface area contributed by atoms with Crippen molar-refractivity contribution in [2.75, 3.05) is 19.6 Å². The number of aryl methyl sites for hydroxylation is 1. The average molecular weight is 207 g/mol. The fourth-order valence-corrected chi connectivity index (χ4v) is 2.81. The van der Waals surface area contributed by atoms with Crippen molar-refractivity contribution in [3.63, 3.8) is 0 Å². The molecule has 1 aromatic heterocycles. The van der Waals surface area contributed by atoms with Crippen molar-refractivity contribution in [3.05, 3.63) is 11.7 Å². The summed E-state index contributed by atoms with van der Waals surface area (Å²) in [5, 5.41) is 4.03. The summed E-state index contributed by atoms with van der Waals surface area (Å²) in [5.41, 5.74) is 0. The van der Waals surface area contributed by atoms with Crippen LogP contribution in [0.4, 0.5) is 0 Å². The van der Waals surface area contributed by atoms with Crippen LogP contribution in [-0.4, -0.2) is 34.7 Å². The van der Waals surface area contributed by atoms with Crippen LogP contribution in [0.2, 0.25) is 0 Å². The second kappa shape index (κ2) is 3.59. The normalized spacial score (nSPS) is 33.8. The van der Waals surface area contributed by atoms with Gasteiger partial charge in [0.15, 0.2) is 5.82 Å². The maximum atomic E-state index is 5.37. The van der Waals surface area contributed by atoms with Gasteiger partial charge in [-0.05, 0) is 25.3 Å². The molecule has 0 aromatic carbocycles. The van der Waals surface area contributed by atoms with Gasteiger partial charge in [-0.15, -0.1) is 0 Å². The summed E-state index contributed by atoms with van der Waals surface area (Å²) in [7, 11) is 0. The monoisotopic (exact) mass is 207 g/mol. The molecule has 2 fully saturated rings. The quantitative estimate of drug-likeness (QED) is 0.752. The molecule has 3 heterocycles. The molecule has 2 aliphatic rings. The van der Waals surface area contributed by atoms with E-state index in [1.165, 1.54) is 19.5 Å². The van der Waals surface area contributed by atoms with E-state index < -0.39 is 0 Å². The summed E-state index contributed by atoms with van der Waals surface area (Å²) in [6.07, 6.45) is 3.32. The fourth-order valence-electron chi connectivity index (χ4n) is 2.81. The van der Waals surface area contributed by atoms with Crippen LogP contribution in [0, 0.1) is 5.92 Å². The molecule has 2 saturated heterocycles. The molecule has 82 valence electrons. The SMILES string of the molecule is CCCc1noc(C2CN3CCC2C3)n1. The minimum Gasteiger partial charge on any atom is -0.339 e. The number of hydrogen-bond donors (Lipinski definition) is 0. The van der Waals surface area contributed by atoms with Gasteiger partial charge in [-0.2, -0.15) is 4.98 Å². The van der Waals surface area contributed by atoms with Crippen LogP contribution in [0.5, 0.6) is 0 Å². The molecule has 0 aliphatic carbocycles. The predicted octanol–water partition coefficient (Wildman–Crippen LogP) is 1.44. The van der Waals surface area contributed by atoms with Crippen LogP contribution in [0.25, 0.3) is 0 Å². The van der Waals surface area contributed by atoms with Crippen molar-refractivity contribution in [2.45, 2.75) is 32.1 Å². The number of aromatic nitrogens is 2. The van der Waals surface area contributed by atoms with E-state index in [0.29, 0.717) is 5.92 Å². The smallest absolute Gasteiger partial charge is 0.231 e. The summed E-state index contributed by atoms with van der Waals surface area (Å²) in [5.74, 6) is 3.03. The molecular weight excluding hydrogens is 190 g/mol. The molecule has 2 aliphatic heterocycles. The second-order valence-electron chi connectivity index (χ2n) is 4.71. The summed E-state index contributed by atoms with van der Waals surface area (Å²) in [4.78, 5) is 7.00. The van der Waals surface area contributed by atoms with Gasteiger partial charge in [0.05, 0.1) is 5.92 Å². The summed E-state index contributed by atoms with van der Waals surface area (Å²) in [6.45, 7) is 5.75. The van der Waals surface area contributed by atoms with Gasteiger partial charge in [0, 0.05) is 19.5 Å². The first-order chi connectivity index (χ1) is 7.36. The number of rotatable bonds is 3. The van der Waals surface area contributed by atoms with E-state index in [0.717, 1.165) is 37.0 Å². The van der Waals surface area contributed by atoms with Crippen molar-refractivity contribution < 1.29 is 4.52 Å². The molecule has 15 heavy (non-hydrogen) atoms. The van der Waals surface area contributed by atoms with E-state index in [9.17, 15) is 0 Å². The zero-order valence-electron chi connectivity index (χ0n) is 9.15. The molecule has 4 heteroatoms. The summed E-state index contributed by atoms with van der Waals surface area (Å²) >= 11 is 0. The first-order valence-corrected chi connectivity index (χ1v) is 5.91. The lowest BCUT2D eigenvalue weighted by atomic mass is 9.93. The molecule has 4 nitrogen and oxygen atoms in total. The van der Waals surface area contributed by atoms with Crippen LogP contribution < -0.4 is 0 Å². The van der Waals surface area contributed by atoms with Crippen molar-refractivity contribution >= 4 is 0 Å². The maximum absolute atomic E-state index is 5.37. The van der Waals surface area contributed by atoms with Crippen molar-refractivity contribution in [1.82, 2.24) is 15.0 Å². The third-order valence-electron chi connectivity index (χ3n) is 3.61. The standard InChI is InChI=1S/C11H17N3O/c1-2-3-10-12-11(15-13-10)9-7-14-5-4-8(9)6-14/h8-9H,2-7H2,1H3. The van der Waals surface area contributed by atoms with E-state index in [4.69, 9.17) is 4.52 Å². The lowest BCUT2D eigenvalue weighted by molar-refractivity contribution is 0.288. The highest BCUT2D eigenvalue weighted by Crippen LogP contribution is 2.38. The Morgan fingerprint density at radius 1 is 1.47 bits per heavy atom. The molecule has 0 radical (unpaired) electrons. The molecule has 0 spiro atoms. The Bertz CT molecular complexity index is 349. The van der Waals surface area contributed by atoms with Gasteiger partial charge in [-0.1, -0.05) is 12.1 Å².